The first-order valence-corrected chi connectivity index (χ1v) is 11.9. The Morgan fingerprint density at radius 3 is 2.43 bits per heavy atom. The summed E-state index contributed by atoms with van der Waals surface area (Å²) in [4.78, 5) is 8.71. The van der Waals surface area contributed by atoms with E-state index in [1.54, 1.807) is 13.0 Å². The fourth-order valence-corrected chi connectivity index (χ4v) is 4.08. The molecule has 3 heterocycles. The van der Waals surface area contributed by atoms with Crippen molar-refractivity contribution < 1.29 is 28.6 Å². The zero-order valence-corrected chi connectivity index (χ0v) is 23.3. The molecule has 4 heteroatoms. The maximum atomic E-state index is 7.37. The third kappa shape index (κ3) is 5.72. The van der Waals surface area contributed by atoms with E-state index in [-0.39, 0.29) is 20.1 Å². The van der Waals surface area contributed by atoms with Gasteiger partial charge in [-0.1, -0.05) is 66.3 Å². The van der Waals surface area contributed by atoms with E-state index in [9.17, 15) is 0 Å². The van der Waals surface area contributed by atoms with E-state index < -0.39 is 6.85 Å². The number of benzene rings is 3. The van der Waals surface area contributed by atoms with Crippen molar-refractivity contribution in [1.29, 1.82) is 0 Å². The molecule has 0 N–H and O–H groups in total. The zero-order valence-electron chi connectivity index (χ0n) is 23.9. The molecule has 0 saturated heterocycles. The predicted octanol–water partition coefficient (Wildman–Crippen LogP) is 8.73. The zero-order chi connectivity index (χ0) is 27.6. The number of aryl methyl sites for hydroxylation is 2. The quantitative estimate of drug-likeness (QED) is 0.178. The maximum Gasteiger partial charge on any atom is 0.120 e. The Kier molecular flexibility index (Phi) is 7.11. The molecular formula is C33H28IrN2O-2. The van der Waals surface area contributed by atoms with Crippen molar-refractivity contribution in [3.63, 3.8) is 0 Å². The van der Waals surface area contributed by atoms with Gasteiger partial charge in [-0.15, -0.1) is 54.1 Å². The third-order valence-electron chi connectivity index (χ3n) is 6.14. The van der Waals surface area contributed by atoms with E-state index in [2.05, 4.69) is 60.2 Å². The Labute approximate surface area is 236 Å². The minimum Gasteiger partial charge on any atom is -0.501 e. The SMILES string of the molecule is CC(C)c1ccnc(-c2[c-]ccc3c2oc2ccccc23)c1.[2H]C([2H])([2H])c1cnc(-c2[c-]cccc2)cc1C.[Ir]. The van der Waals surface area contributed by atoms with Crippen LogP contribution in [-0.4, -0.2) is 9.97 Å². The molecule has 6 rings (SSSR count). The number of fused-ring (bicyclic) bond motifs is 3. The van der Waals surface area contributed by atoms with Crippen LogP contribution in [0, 0.1) is 25.9 Å². The normalized spacial score (nSPS) is 12.3. The summed E-state index contributed by atoms with van der Waals surface area (Å²) in [6.07, 6.45) is 3.29. The standard InChI is InChI=1S/C20H16NO.C13H12N.Ir/c1-13(2)14-10-11-21-18(12-14)17-8-5-7-16-15-6-3-4-9-19(15)22-20(16)17;1-10-8-13(14-9-11(10)2)12-6-4-3-5-7-12;/h3-7,9-13H,1-2H3;3-6,8-9H,1-2H3;/q2*-1;/i;2D3;. The largest absolute Gasteiger partial charge is 0.501 e. The number of hydrogen-bond acceptors (Lipinski definition) is 3. The van der Waals surface area contributed by atoms with Gasteiger partial charge in [-0.2, -0.15) is 0 Å². The van der Waals surface area contributed by atoms with Gasteiger partial charge in [0.25, 0.3) is 0 Å². The number of nitrogens with zero attached hydrogens (tertiary/aromatic N) is 2. The average molecular weight is 664 g/mol. The maximum absolute atomic E-state index is 7.37. The van der Waals surface area contributed by atoms with Crippen molar-refractivity contribution in [3.8, 4) is 22.5 Å². The van der Waals surface area contributed by atoms with Crippen LogP contribution in [0.4, 0.5) is 0 Å². The summed E-state index contributed by atoms with van der Waals surface area (Å²) in [6.45, 7) is 4.06. The van der Waals surface area contributed by atoms with Crippen LogP contribution < -0.4 is 0 Å². The van der Waals surface area contributed by atoms with Gasteiger partial charge in [0.1, 0.15) is 5.58 Å². The van der Waals surface area contributed by atoms with Gasteiger partial charge < -0.3 is 14.4 Å². The Hall–Kier alpha value is -3.59. The van der Waals surface area contributed by atoms with E-state index in [4.69, 9.17) is 8.53 Å². The van der Waals surface area contributed by atoms with E-state index in [0.717, 1.165) is 50.0 Å². The Morgan fingerprint density at radius 1 is 0.838 bits per heavy atom. The van der Waals surface area contributed by atoms with Crippen molar-refractivity contribution >= 4 is 21.9 Å². The Morgan fingerprint density at radius 2 is 1.68 bits per heavy atom. The van der Waals surface area contributed by atoms with Crippen LogP contribution in [-0.2, 0) is 20.1 Å². The summed E-state index contributed by atoms with van der Waals surface area (Å²) in [5.41, 5.74) is 7.52. The van der Waals surface area contributed by atoms with Crippen molar-refractivity contribution in [2.24, 2.45) is 0 Å². The molecule has 3 aromatic carbocycles. The predicted molar refractivity (Wildman–Crippen MR) is 148 cm³/mol. The smallest absolute Gasteiger partial charge is 0.120 e. The van der Waals surface area contributed by atoms with Crippen molar-refractivity contribution in [2.75, 3.05) is 0 Å². The molecular weight excluding hydrogens is 633 g/mol. The molecule has 1 radical (unpaired) electrons. The van der Waals surface area contributed by atoms with Gasteiger partial charge in [0.05, 0.1) is 5.58 Å². The van der Waals surface area contributed by atoms with Crippen molar-refractivity contribution in [1.82, 2.24) is 9.97 Å². The molecule has 0 fully saturated rings. The van der Waals surface area contributed by atoms with Gasteiger partial charge in [0, 0.05) is 42.0 Å². The molecule has 37 heavy (non-hydrogen) atoms. The molecule has 0 aliphatic carbocycles. The minimum absolute atomic E-state index is 0. The first kappa shape index (κ1) is 22.6. The van der Waals surface area contributed by atoms with Crippen LogP contribution in [0.15, 0.2) is 95.7 Å². The molecule has 0 spiro atoms. The summed E-state index contributed by atoms with van der Waals surface area (Å²) in [7, 11) is 0. The van der Waals surface area contributed by atoms with Crippen LogP contribution in [0.1, 0.15) is 40.6 Å². The molecule has 0 unspecified atom stereocenters. The number of aromatic nitrogens is 2. The number of para-hydroxylation sites is 1. The van der Waals surface area contributed by atoms with Gasteiger partial charge >= 0.3 is 0 Å². The molecule has 3 nitrogen and oxygen atoms in total. The number of hydrogen-bond donors (Lipinski definition) is 0. The van der Waals surface area contributed by atoms with Crippen LogP contribution >= 0.6 is 0 Å². The summed E-state index contributed by atoms with van der Waals surface area (Å²) in [6, 6.07) is 31.9. The van der Waals surface area contributed by atoms with Crippen LogP contribution in [0.5, 0.6) is 0 Å². The van der Waals surface area contributed by atoms with Gasteiger partial charge in [0.15, 0.2) is 0 Å². The molecule has 0 saturated carbocycles. The number of rotatable bonds is 3. The molecule has 0 aliphatic heterocycles. The average Bonchev–Trinajstić information content (AvgIpc) is 3.32. The fourth-order valence-electron chi connectivity index (χ4n) is 4.08. The molecule has 3 aromatic heterocycles. The molecule has 6 aromatic rings. The van der Waals surface area contributed by atoms with Crippen LogP contribution in [0.2, 0.25) is 0 Å². The van der Waals surface area contributed by atoms with Gasteiger partial charge in [0.2, 0.25) is 0 Å². The summed E-state index contributed by atoms with van der Waals surface area (Å²) in [5, 5.41) is 2.24. The van der Waals surface area contributed by atoms with E-state index in [1.165, 1.54) is 11.8 Å². The Bertz CT molecular complexity index is 1740. The van der Waals surface area contributed by atoms with Gasteiger partial charge in [-0.3, -0.25) is 0 Å². The second kappa shape index (κ2) is 11.6. The monoisotopic (exact) mass is 664 g/mol. The second-order valence-corrected chi connectivity index (χ2v) is 8.98. The molecule has 187 valence electrons. The summed E-state index contributed by atoms with van der Waals surface area (Å²) < 4.78 is 28.2. The van der Waals surface area contributed by atoms with Crippen LogP contribution in [0.3, 0.4) is 0 Å². The number of furan rings is 1. The molecule has 0 atom stereocenters. The third-order valence-corrected chi connectivity index (χ3v) is 6.14. The van der Waals surface area contributed by atoms with Gasteiger partial charge in [-0.25, -0.2) is 0 Å². The first-order valence-electron chi connectivity index (χ1n) is 13.4. The van der Waals surface area contributed by atoms with E-state index in [0.29, 0.717) is 11.5 Å². The molecule has 0 bridgehead atoms. The van der Waals surface area contributed by atoms with E-state index >= 15 is 0 Å². The van der Waals surface area contributed by atoms with E-state index in [1.807, 2.05) is 54.7 Å². The number of pyridine rings is 2. The van der Waals surface area contributed by atoms with Crippen molar-refractivity contribution in [2.45, 2.75) is 33.5 Å². The fraction of sp³-hybridized carbons (Fsp3) is 0.152. The molecule has 0 amide bonds. The summed E-state index contributed by atoms with van der Waals surface area (Å²) >= 11 is 0. The topological polar surface area (TPSA) is 38.9 Å². The second-order valence-electron chi connectivity index (χ2n) is 8.98. The molecule has 0 aliphatic rings. The van der Waals surface area contributed by atoms with Gasteiger partial charge in [-0.05, 0) is 48.8 Å². The van der Waals surface area contributed by atoms with Crippen LogP contribution in [0.25, 0.3) is 44.5 Å². The Balaban J connectivity index is 0.000000187. The van der Waals surface area contributed by atoms with Crippen molar-refractivity contribution in [3.05, 3.63) is 120 Å². The summed E-state index contributed by atoms with van der Waals surface area (Å²) in [5.74, 6) is 0.469. The minimum atomic E-state index is -2.10. The first-order chi connectivity index (χ1) is 18.7.